The molecule has 0 amide bonds. The lowest BCUT2D eigenvalue weighted by molar-refractivity contribution is 0.0280. The minimum Gasteiger partial charge on any atom is -0.375 e. The van der Waals surface area contributed by atoms with Crippen molar-refractivity contribution >= 4 is 0 Å². The van der Waals surface area contributed by atoms with Crippen LogP contribution in [0.1, 0.15) is 31.2 Å². The Hall–Kier alpha value is -2.57. The average Bonchev–Trinajstić information content (AvgIpc) is 3.13. The van der Waals surface area contributed by atoms with Gasteiger partial charge in [0.1, 0.15) is 5.82 Å². The number of rotatable bonds is 5. The fraction of sp³-hybridized carbons (Fsp3) is 0.364. The predicted octanol–water partition coefficient (Wildman–Crippen LogP) is 3.73. The SMILES string of the molecule is CC(C)c1ccc(-c2nc(CC3CNCCO3)nn2-c2ccc(F)cc2)cc1. The molecule has 1 aromatic heterocycles. The Kier molecular flexibility index (Phi) is 5.50. The number of morpholine rings is 1. The molecule has 0 radical (unpaired) electrons. The lowest BCUT2D eigenvalue weighted by atomic mass is 10.0. The van der Waals surface area contributed by atoms with E-state index in [0.717, 1.165) is 36.0 Å². The largest absolute Gasteiger partial charge is 0.375 e. The molecule has 1 aliphatic rings. The van der Waals surface area contributed by atoms with Gasteiger partial charge in [0, 0.05) is 25.1 Å². The van der Waals surface area contributed by atoms with Crippen LogP contribution in [-0.2, 0) is 11.2 Å². The summed E-state index contributed by atoms with van der Waals surface area (Å²) in [6.07, 6.45) is 0.701. The van der Waals surface area contributed by atoms with Gasteiger partial charge in [-0.05, 0) is 35.7 Å². The van der Waals surface area contributed by atoms with Crippen LogP contribution in [0.2, 0.25) is 0 Å². The third-order valence-electron chi connectivity index (χ3n) is 4.97. The number of hydrogen-bond acceptors (Lipinski definition) is 4. The maximum Gasteiger partial charge on any atom is 0.163 e. The summed E-state index contributed by atoms with van der Waals surface area (Å²) in [6.45, 7) is 6.72. The van der Waals surface area contributed by atoms with Crippen molar-refractivity contribution in [3.05, 3.63) is 65.7 Å². The molecule has 1 unspecified atom stereocenters. The smallest absolute Gasteiger partial charge is 0.163 e. The molecule has 4 rings (SSSR count). The minimum atomic E-state index is -0.270. The summed E-state index contributed by atoms with van der Waals surface area (Å²) < 4.78 is 21.0. The number of ether oxygens (including phenoxy) is 1. The summed E-state index contributed by atoms with van der Waals surface area (Å²) in [7, 11) is 0. The van der Waals surface area contributed by atoms with Crippen LogP contribution in [0.15, 0.2) is 48.5 Å². The molecule has 1 fully saturated rings. The molecule has 3 aromatic rings. The Morgan fingerprint density at radius 2 is 1.89 bits per heavy atom. The second kappa shape index (κ2) is 8.20. The van der Waals surface area contributed by atoms with Gasteiger partial charge < -0.3 is 10.1 Å². The molecule has 1 N–H and O–H groups in total. The Morgan fingerprint density at radius 1 is 1.14 bits per heavy atom. The minimum absolute atomic E-state index is 0.0639. The van der Waals surface area contributed by atoms with Crippen molar-refractivity contribution in [2.45, 2.75) is 32.3 Å². The average molecular weight is 380 g/mol. The highest BCUT2D eigenvalue weighted by molar-refractivity contribution is 5.58. The number of aromatic nitrogens is 3. The highest BCUT2D eigenvalue weighted by Gasteiger charge is 2.20. The third kappa shape index (κ3) is 4.13. The van der Waals surface area contributed by atoms with E-state index in [4.69, 9.17) is 14.8 Å². The van der Waals surface area contributed by atoms with Crippen molar-refractivity contribution in [2.24, 2.45) is 0 Å². The van der Waals surface area contributed by atoms with Crippen LogP contribution in [0.3, 0.4) is 0 Å². The van der Waals surface area contributed by atoms with Crippen molar-refractivity contribution in [3.8, 4) is 17.1 Å². The topological polar surface area (TPSA) is 52.0 Å². The van der Waals surface area contributed by atoms with Crippen molar-refractivity contribution in [1.82, 2.24) is 20.1 Å². The molecule has 1 atom stereocenters. The zero-order chi connectivity index (χ0) is 19.5. The van der Waals surface area contributed by atoms with Gasteiger partial charge in [0.2, 0.25) is 0 Å². The molecule has 0 aliphatic carbocycles. The molecule has 6 heteroatoms. The summed E-state index contributed by atoms with van der Waals surface area (Å²) in [6, 6.07) is 14.7. The molecule has 2 aromatic carbocycles. The number of nitrogens with zero attached hydrogens (tertiary/aromatic N) is 3. The fourth-order valence-electron chi connectivity index (χ4n) is 3.36. The zero-order valence-electron chi connectivity index (χ0n) is 16.2. The van der Waals surface area contributed by atoms with E-state index in [2.05, 4.69) is 43.4 Å². The monoisotopic (exact) mass is 380 g/mol. The van der Waals surface area contributed by atoms with Gasteiger partial charge in [0.05, 0.1) is 18.4 Å². The van der Waals surface area contributed by atoms with E-state index in [0.29, 0.717) is 18.9 Å². The molecule has 2 heterocycles. The number of benzene rings is 2. The molecule has 5 nitrogen and oxygen atoms in total. The van der Waals surface area contributed by atoms with E-state index < -0.39 is 0 Å². The van der Waals surface area contributed by atoms with E-state index in [1.54, 1.807) is 16.8 Å². The van der Waals surface area contributed by atoms with Crippen LogP contribution >= 0.6 is 0 Å². The highest BCUT2D eigenvalue weighted by Crippen LogP contribution is 2.24. The maximum absolute atomic E-state index is 13.4. The van der Waals surface area contributed by atoms with Gasteiger partial charge in [-0.1, -0.05) is 38.1 Å². The molecule has 0 bridgehead atoms. The van der Waals surface area contributed by atoms with Crippen LogP contribution in [0.5, 0.6) is 0 Å². The Balaban J connectivity index is 1.70. The fourth-order valence-corrected chi connectivity index (χ4v) is 3.36. The Morgan fingerprint density at radius 3 is 2.54 bits per heavy atom. The van der Waals surface area contributed by atoms with Gasteiger partial charge in [0.25, 0.3) is 0 Å². The summed E-state index contributed by atoms with van der Waals surface area (Å²) in [4.78, 5) is 4.80. The van der Waals surface area contributed by atoms with Crippen LogP contribution in [-0.4, -0.2) is 40.6 Å². The van der Waals surface area contributed by atoms with Crippen LogP contribution in [0, 0.1) is 5.82 Å². The third-order valence-corrected chi connectivity index (χ3v) is 4.97. The first-order valence-corrected chi connectivity index (χ1v) is 9.74. The van der Waals surface area contributed by atoms with Gasteiger partial charge in [-0.15, -0.1) is 0 Å². The second-order valence-electron chi connectivity index (χ2n) is 7.42. The first kappa shape index (κ1) is 18.8. The van der Waals surface area contributed by atoms with Crippen molar-refractivity contribution in [2.75, 3.05) is 19.7 Å². The molecule has 28 heavy (non-hydrogen) atoms. The van der Waals surface area contributed by atoms with Crippen molar-refractivity contribution in [1.29, 1.82) is 0 Å². The van der Waals surface area contributed by atoms with Gasteiger partial charge >= 0.3 is 0 Å². The Labute approximate surface area is 164 Å². The molecule has 146 valence electrons. The van der Waals surface area contributed by atoms with Crippen LogP contribution in [0.25, 0.3) is 17.1 Å². The summed E-state index contributed by atoms with van der Waals surface area (Å²) in [5.41, 5.74) is 3.04. The summed E-state index contributed by atoms with van der Waals surface area (Å²) in [5, 5.41) is 8.05. The molecule has 1 aliphatic heterocycles. The second-order valence-corrected chi connectivity index (χ2v) is 7.42. The molecule has 0 saturated carbocycles. The van der Waals surface area contributed by atoms with Gasteiger partial charge in [-0.3, -0.25) is 0 Å². The number of nitrogens with one attached hydrogen (secondary N) is 1. The van der Waals surface area contributed by atoms with Gasteiger partial charge in [0.15, 0.2) is 11.6 Å². The first-order chi connectivity index (χ1) is 13.6. The first-order valence-electron chi connectivity index (χ1n) is 9.74. The van der Waals surface area contributed by atoms with E-state index in [-0.39, 0.29) is 11.9 Å². The molecular formula is C22H25FN4O. The van der Waals surface area contributed by atoms with E-state index >= 15 is 0 Å². The normalized spacial score (nSPS) is 17.2. The lowest BCUT2D eigenvalue weighted by Gasteiger charge is -2.22. The van der Waals surface area contributed by atoms with Gasteiger partial charge in [-0.2, -0.15) is 5.10 Å². The van der Waals surface area contributed by atoms with Crippen molar-refractivity contribution < 1.29 is 9.13 Å². The molecule has 1 saturated heterocycles. The summed E-state index contributed by atoms with van der Waals surface area (Å²) in [5.74, 6) is 1.67. The predicted molar refractivity (Wildman–Crippen MR) is 107 cm³/mol. The summed E-state index contributed by atoms with van der Waals surface area (Å²) >= 11 is 0. The van der Waals surface area contributed by atoms with Gasteiger partial charge in [-0.25, -0.2) is 14.1 Å². The lowest BCUT2D eigenvalue weighted by Crippen LogP contribution is -2.39. The maximum atomic E-state index is 13.4. The van der Waals surface area contributed by atoms with E-state index in [1.807, 2.05) is 0 Å². The molecule has 0 spiro atoms. The standard InChI is InChI=1S/C22H25FN4O/c1-15(2)16-3-5-17(6-4-16)22-25-21(13-20-14-24-11-12-28-20)26-27(22)19-9-7-18(23)8-10-19/h3-10,15,20,24H,11-14H2,1-2H3. The number of hydrogen-bond donors (Lipinski definition) is 1. The zero-order valence-corrected chi connectivity index (χ0v) is 16.2. The van der Waals surface area contributed by atoms with Crippen LogP contribution in [0.4, 0.5) is 4.39 Å². The van der Waals surface area contributed by atoms with Crippen molar-refractivity contribution in [3.63, 3.8) is 0 Å². The number of halogens is 1. The molecular weight excluding hydrogens is 355 g/mol. The van der Waals surface area contributed by atoms with Crippen LogP contribution < -0.4 is 5.32 Å². The Bertz CT molecular complexity index is 913. The quantitative estimate of drug-likeness (QED) is 0.733. The van der Waals surface area contributed by atoms with E-state index in [9.17, 15) is 4.39 Å². The highest BCUT2D eigenvalue weighted by atomic mass is 19.1. The van der Waals surface area contributed by atoms with E-state index in [1.165, 1.54) is 17.7 Å².